The predicted molar refractivity (Wildman–Crippen MR) is 200 cm³/mol. The van der Waals surface area contributed by atoms with Gasteiger partial charge in [0.2, 0.25) is 6.71 Å². The van der Waals surface area contributed by atoms with Crippen molar-refractivity contribution in [2.24, 2.45) is 0 Å². The largest absolute Gasteiger partial charge is 0.308 e. The van der Waals surface area contributed by atoms with Crippen LogP contribution in [0.25, 0.3) is 47.7 Å². The van der Waals surface area contributed by atoms with Gasteiger partial charge in [-0.05, 0) is 65.8 Å². The molecule has 8 aromatic rings. The summed E-state index contributed by atoms with van der Waals surface area (Å²) in [6.45, 7) is 13.7. The summed E-state index contributed by atoms with van der Waals surface area (Å²) in [6, 6.07) is 41.1. The van der Waals surface area contributed by atoms with Crippen LogP contribution >= 0.6 is 11.3 Å². The van der Waals surface area contributed by atoms with Gasteiger partial charge in [-0.1, -0.05) is 135 Å². The van der Waals surface area contributed by atoms with Crippen LogP contribution in [-0.4, -0.2) is 11.3 Å². The Bertz CT molecular complexity index is 2340. The third-order valence-electron chi connectivity index (χ3n) is 9.72. The van der Waals surface area contributed by atoms with Gasteiger partial charge in [0.25, 0.3) is 0 Å². The molecule has 218 valence electrons. The second-order valence-electron chi connectivity index (χ2n) is 12.9. The van der Waals surface area contributed by atoms with Crippen molar-refractivity contribution < 1.29 is 0 Å². The number of rotatable bonds is 4. The van der Waals surface area contributed by atoms with Gasteiger partial charge >= 0.3 is 0 Å². The molecule has 0 fully saturated rings. The van der Waals surface area contributed by atoms with Crippen LogP contribution in [0.2, 0.25) is 0 Å². The molecule has 3 heteroatoms. The van der Waals surface area contributed by atoms with E-state index in [2.05, 4.69) is 155 Å². The van der Waals surface area contributed by atoms with Gasteiger partial charge in [-0.15, -0.1) is 11.3 Å². The van der Waals surface area contributed by atoms with Gasteiger partial charge in [0, 0.05) is 31.9 Å². The van der Waals surface area contributed by atoms with Crippen molar-refractivity contribution in [3.63, 3.8) is 0 Å². The second-order valence-corrected chi connectivity index (χ2v) is 14.0. The number of nitrogens with zero attached hydrogens (tertiary/aromatic N) is 1. The summed E-state index contributed by atoms with van der Waals surface area (Å²) >= 11 is 1.91. The molecule has 0 saturated heterocycles. The lowest BCUT2D eigenvalue weighted by Gasteiger charge is -2.25. The van der Waals surface area contributed by atoms with Crippen molar-refractivity contribution in [2.75, 3.05) is 0 Å². The number of hydrogen-bond donors (Lipinski definition) is 0. The van der Waals surface area contributed by atoms with Crippen molar-refractivity contribution in [3.05, 3.63) is 143 Å². The van der Waals surface area contributed by atoms with E-state index in [4.69, 9.17) is 0 Å². The molecule has 0 saturated carbocycles. The van der Waals surface area contributed by atoms with Crippen molar-refractivity contribution in [1.29, 1.82) is 0 Å². The monoisotopic (exact) mass is 597 g/mol. The molecule has 45 heavy (non-hydrogen) atoms. The maximum absolute atomic E-state index is 2.49. The predicted octanol–water partition coefficient (Wildman–Crippen LogP) is 9.52. The number of aromatic nitrogens is 1. The third-order valence-corrected chi connectivity index (χ3v) is 10.9. The molecule has 2 aromatic heterocycles. The molecule has 0 aliphatic rings. The molecule has 0 radical (unpaired) electrons. The normalized spacial score (nSPS) is 11.8. The van der Waals surface area contributed by atoms with Gasteiger partial charge < -0.3 is 4.57 Å². The van der Waals surface area contributed by atoms with E-state index in [1.54, 1.807) is 0 Å². The van der Waals surface area contributed by atoms with E-state index in [0.717, 1.165) is 0 Å². The summed E-state index contributed by atoms with van der Waals surface area (Å²) in [4.78, 5) is 0. The molecule has 8 rings (SSSR count). The van der Waals surface area contributed by atoms with E-state index in [1.165, 1.54) is 97.4 Å². The Morgan fingerprint density at radius 2 is 1.04 bits per heavy atom. The van der Waals surface area contributed by atoms with Gasteiger partial charge in [-0.2, -0.15) is 0 Å². The standard InChI is InChI=1S/C42H36BNS/c1-25-21-27(3)39(28(4)22-25)43(40-29(5)23-26(2)24-30(40)6)31-15-17-32(18-16-31)44-37-13-9-7-11-33(37)35-19-20-36-34-12-8-10-14-38(34)45-42(36)41(35)44/h7-24H,1-6H3. The average molecular weight is 598 g/mol. The fourth-order valence-electron chi connectivity index (χ4n) is 8.09. The fraction of sp³-hybridized carbons (Fsp3) is 0.143. The Morgan fingerprint density at radius 3 is 1.67 bits per heavy atom. The van der Waals surface area contributed by atoms with Gasteiger partial charge in [-0.3, -0.25) is 0 Å². The highest BCUT2D eigenvalue weighted by Gasteiger charge is 2.28. The SMILES string of the molecule is Cc1cc(C)c(B(c2ccc(-n3c4ccccc4c4ccc5c6ccccc6sc5c43)cc2)c2c(C)cc(C)cc2C)c(C)c1. The Kier molecular flexibility index (Phi) is 6.51. The van der Waals surface area contributed by atoms with E-state index in [1.807, 2.05) is 11.3 Å². The molecular formula is C42H36BNS. The van der Waals surface area contributed by atoms with Crippen LogP contribution in [0.5, 0.6) is 0 Å². The molecule has 0 bridgehead atoms. The van der Waals surface area contributed by atoms with Gasteiger partial charge in [0.1, 0.15) is 0 Å². The lowest BCUT2D eigenvalue weighted by Crippen LogP contribution is -2.55. The Morgan fingerprint density at radius 1 is 0.511 bits per heavy atom. The van der Waals surface area contributed by atoms with E-state index in [0.29, 0.717) is 0 Å². The minimum Gasteiger partial charge on any atom is -0.308 e. The summed E-state index contributed by atoms with van der Waals surface area (Å²) in [5.41, 5.74) is 16.0. The second kappa shape index (κ2) is 10.5. The van der Waals surface area contributed by atoms with Gasteiger partial charge in [0.05, 0.1) is 15.7 Å². The summed E-state index contributed by atoms with van der Waals surface area (Å²) < 4.78 is 5.18. The van der Waals surface area contributed by atoms with E-state index in [-0.39, 0.29) is 6.71 Å². The molecule has 1 nitrogen and oxygen atoms in total. The third kappa shape index (κ3) is 4.36. The molecule has 0 aliphatic carbocycles. The number of benzene rings is 6. The fourth-order valence-corrected chi connectivity index (χ4v) is 9.33. The first-order chi connectivity index (χ1) is 21.8. The average Bonchev–Trinajstić information content (AvgIpc) is 3.55. The Hall–Kier alpha value is -4.60. The van der Waals surface area contributed by atoms with Gasteiger partial charge in [0.15, 0.2) is 0 Å². The quantitative estimate of drug-likeness (QED) is 0.178. The zero-order valence-electron chi connectivity index (χ0n) is 26.8. The molecule has 0 spiro atoms. The maximum Gasteiger partial charge on any atom is 0.242 e. The first-order valence-corrected chi connectivity index (χ1v) is 16.7. The first kappa shape index (κ1) is 27.9. The molecular weight excluding hydrogens is 561 g/mol. The van der Waals surface area contributed by atoms with E-state index in [9.17, 15) is 0 Å². The van der Waals surface area contributed by atoms with E-state index >= 15 is 0 Å². The zero-order valence-corrected chi connectivity index (χ0v) is 27.6. The highest BCUT2D eigenvalue weighted by atomic mass is 32.1. The van der Waals surface area contributed by atoms with Crippen LogP contribution in [-0.2, 0) is 0 Å². The molecule has 0 atom stereocenters. The molecule has 6 aromatic carbocycles. The minimum atomic E-state index is 0.160. The molecule has 0 unspecified atom stereocenters. The zero-order chi connectivity index (χ0) is 31.0. The van der Waals surface area contributed by atoms with E-state index < -0.39 is 0 Å². The molecule has 2 heterocycles. The highest BCUT2D eigenvalue weighted by molar-refractivity contribution is 7.26. The Balaban J connectivity index is 1.38. The lowest BCUT2D eigenvalue weighted by molar-refractivity contribution is 1.19. The molecule has 0 amide bonds. The van der Waals surface area contributed by atoms with Crippen molar-refractivity contribution >= 4 is 76.4 Å². The number of fused-ring (bicyclic) bond motifs is 7. The summed E-state index contributed by atoms with van der Waals surface area (Å²) in [6.07, 6.45) is 0. The summed E-state index contributed by atoms with van der Waals surface area (Å²) in [7, 11) is 0. The lowest BCUT2D eigenvalue weighted by atomic mass is 9.34. The first-order valence-electron chi connectivity index (χ1n) is 15.9. The van der Waals surface area contributed by atoms with Crippen molar-refractivity contribution in [2.45, 2.75) is 41.5 Å². The summed E-state index contributed by atoms with van der Waals surface area (Å²) in [5.74, 6) is 0. The van der Waals surface area contributed by atoms with Crippen molar-refractivity contribution in [1.82, 2.24) is 4.57 Å². The van der Waals surface area contributed by atoms with Crippen LogP contribution in [0.3, 0.4) is 0 Å². The Labute approximate surface area is 269 Å². The minimum absolute atomic E-state index is 0.160. The smallest absolute Gasteiger partial charge is 0.242 e. The van der Waals surface area contributed by atoms with Crippen LogP contribution in [0.4, 0.5) is 0 Å². The number of hydrogen-bond acceptors (Lipinski definition) is 1. The molecule has 0 aliphatic heterocycles. The van der Waals surface area contributed by atoms with Crippen LogP contribution in [0.1, 0.15) is 33.4 Å². The highest BCUT2D eigenvalue weighted by Crippen LogP contribution is 2.42. The van der Waals surface area contributed by atoms with Crippen LogP contribution < -0.4 is 16.4 Å². The molecule has 0 N–H and O–H groups in total. The topological polar surface area (TPSA) is 4.93 Å². The number of aryl methyl sites for hydroxylation is 6. The van der Waals surface area contributed by atoms with Gasteiger partial charge in [-0.25, -0.2) is 0 Å². The number of thiophene rings is 1. The maximum atomic E-state index is 2.49. The number of para-hydroxylation sites is 1. The van der Waals surface area contributed by atoms with Crippen LogP contribution in [0.15, 0.2) is 109 Å². The van der Waals surface area contributed by atoms with Crippen LogP contribution in [0, 0.1) is 41.5 Å². The van der Waals surface area contributed by atoms with Crippen molar-refractivity contribution in [3.8, 4) is 5.69 Å². The summed E-state index contributed by atoms with van der Waals surface area (Å²) in [5, 5.41) is 5.27.